The zero-order valence-corrected chi connectivity index (χ0v) is 12.6. The Balaban J connectivity index is 1.79. The molecule has 1 saturated carbocycles. The predicted molar refractivity (Wildman–Crippen MR) is 83.0 cm³/mol. The molecule has 1 amide bonds. The molecule has 114 valence electrons. The van der Waals surface area contributed by atoms with Crippen LogP contribution in [0.4, 0.5) is 0 Å². The van der Waals surface area contributed by atoms with E-state index in [0.29, 0.717) is 11.9 Å². The van der Waals surface area contributed by atoms with Crippen LogP contribution in [0.1, 0.15) is 50.5 Å². The molecule has 0 bridgehead atoms. The van der Waals surface area contributed by atoms with E-state index < -0.39 is 0 Å². The lowest BCUT2D eigenvalue weighted by molar-refractivity contribution is -0.142. The summed E-state index contributed by atoms with van der Waals surface area (Å²) >= 11 is 0. The van der Waals surface area contributed by atoms with E-state index in [1.54, 1.807) is 0 Å². The highest BCUT2D eigenvalue weighted by atomic mass is 16.3. The van der Waals surface area contributed by atoms with E-state index in [2.05, 4.69) is 17.0 Å². The molecule has 3 nitrogen and oxygen atoms in total. The molecule has 2 fully saturated rings. The van der Waals surface area contributed by atoms with Gasteiger partial charge in [-0.3, -0.25) is 4.79 Å². The lowest BCUT2D eigenvalue weighted by Crippen LogP contribution is -2.52. The molecule has 21 heavy (non-hydrogen) atoms. The number of aliphatic hydroxyl groups is 1. The van der Waals surface area contributed by atoms with Gasteiger partial charge in [0.1, 0.15) is 0 Å². The molecule has 1 aliphatic carbocycles. The molecule has 2 aliphatic rings. The third kappa shape index (κ3) is 2.59. The summed E-state index contributed by atoms with van der Waals surface area (Å²) in [5, 5.41) is 9.04. The summed E-state index contributed by atoms with van der Waals surface area (Å²) in [6.07, 6.45) is 7.05. The number of amides is 1. The molecule has 1 aromatic carbocycles. The largest absolute Gasteiger partial charge is 0.396 e. The van der Waals surface area contributed by atoms with Crippen molar-refractivity contribution in [2.75, 3.05) is 13.2 Å². The maximum Gasteiger partial charge on any atom is 0.233 e. The van der Waals surface area contributed by atoms with Gasteiger partial charge in [0.25, 0.3) is 0 Å². The third-order valence-corrected chi connectivity index (χ3v) is 5.28. The van der Waals surface area contributed by atoms with Crippen molar-refractivity contribution in [3.63, 3.8) is 0 Å². The van der Waals surface area contributed by atoms with Crippen LogP contribution in [-0.2, 0) is 10.2 Å². The van der Waals surface area contributed by atoms with Gasteiger partial charge in [0.05, 0.1) is 5.41 Å². The molecule has 3 rings (SSSR count). The van der Waals surface area contributed by atoms with Crippen LogP contribution in [0.2, 0.25) is 0 Å². The molecule has 0 aromatic heterocycles. The average molecular weight is 287 g/mol. The number of rotatable bonds is 5. The van der Waals surface area contributed by atoms with Crippen molar-refractivity contribution in [3.8, 4) is 0 Å². The Morgan fingerprint density at radius 2 is 2.00 bits per heavy atom. The van der Waals surface area contributed by atoms with E-state index in [1.807, 2.05) is 18.2 Å². The Morgan fingerprint density at radius 3 is 2.62 bits per heavy atom. The van der Waals surface area contributed by atoms with Gasteiger partial charge >= 0.3 is 0 Å². The highest BCUT2D eigenvalue weighted by Crippen LogP contribution is 2.46. The summed E-state index contributed by atoms with van der Waals surface area (Å²) in [6.45, 7) is 1.12. The summed E-state index contributed by atoms with van der Waals surface area (Å²) in [6, 6.07) is 10.6. The fourth-order valence-electron chi connectivity index (χ4n) is 3.92. The topological polar surface area (TPSA) is 40.5 Å². The van der Waals surface area contributed by atoms with Gasteiger partial charge < -0.3 is 10.0 Å². The number of nitrogens with zero attached hydrogens (tertiary/aromatic N) is 1. The number of carbonyl (C=O) groups excluding carboxylic acids is 1. The molecule has 1 aliphatic heterocycles. The van der Waals surface area contributed by atoms with E-state index >= 15 is 0 Å². The van der Waals surface area contributed by atoms with Crippen molar-refractivity contribution in [1.29, 1.82) is 0 Å². The van der Waals surface area contributed by atoms with Gasteiger partial charge in [-0.05, 0) is 44.1 Å². The fraction of sp³-hybridized carbons (Fsp3) is 0.611. The van der Waals surface area contributed by atoms with Crippen molar-refractivity contribution >= 4 is 5.91 Å². The number of hydrogen-bond donors (Lipinski definition) is 1. The maximum absolute atomic E-state index is 13.2. The Labute approximate surface area is 127 Å². The molecule has 1 atom stereocenters. The SMILES string of the molecule is O=C(N1CCCC1CCCO)C1(c2ccccc2)CCC1. The molecule has 1 aromatic rings. The molecule has 0 radical (unpaired) electrons. The van der Waals surface area contributed by atoms with E-state index in [9.17, 15) is 4.79 Å². The second-order valence-corrected chi connectivity index (χ2v) is 6.46. The Bertz CT molecular complexity index is 481. The molecule has 3 heteroatoms. The average Bonchev–Trinajstić information content (AvgIpc) is 2.93. The number of likely N-dealkylation sites (tertiary alicyclic amines) is 1. The summed E-state index contributed by atoms with van der Waals surface area (Å²) in [5.41, 5.74) is 0.928. The number of carbonyl (C=O) groups is 1. The number of hydrogen-bond acceptors (Lipinski definition) is 2. The highest BCUT2D eigenvalue weighted by molar-refractivity contribution is 5.89. The van der Waals surface area contributed by atoms with Crippen molar-refractivity contribution < 1.29 is 9.90 Å². The second kappa shape index (κ2) is 6.18. The van der Waals surface area contributed by atoms with Gasteiger partial charge in [0.2, 0.25) is 5.91 Å². The van der Waals surface area contributed by atoms with Crippen LogP contribution in [0.25, 0.3) is 0 Å². The predicted octanol–water partition coefficient (Wildman–Crippen LogP) is 2.87. The monoisotopic (exact) mass is 287 g/mol. The van der Waals surface area contributed by atoms with Crippen LogP contribution in [0, 0.1) is 0 Å². The molecule has 1 N–H and O–H groups in total. The summed E-state index contributed by atoms with van der Waals surface area (Å²) < 4.78 is 0. The molecule has 0 spiro atoms. The Hall–Kier alpha value is -1.35. The van der Waals surface area contributed by atoms with Gasteiger partial charge in [-0.15, -0.1) is 0 Å². The van der Waals surface area contributed by atoms with Gasteiger partial charge in [-0.2, -0.15) is 0 Å². The van der Waals surface area contributed by atoms with Gasteiger partial charge in [-0.25, -0.2) is 0 Å². The lowest BCUT2D eigenvalue weighted by atomic mass is 9.63. The first-order chi connectivity index (χ1) is 10.3. The number of benzene rings is 1. The van der Waals surface area contributed by atoms with Crippen molar-refractivity contribution in [3.05, 3.63) is 35.9 Å². The standard InChI is InChI=1S/C18H25NO2/c20-14-5-10-16-9-4-13-19(16)17(21)18(11-6-12-18)15-7-2-1-3-8-15/h1-3,7-8,16,20H,4-6,9-14H2. The van der Waals surface area contributed by atoms with Crippen LogP contribution in [0.15, 0.2) is 30.3 Å². The second-order valence-electron chi connectivity index (χ2n) is 6.46. The smallest absolute Gasteiger partial charge is 0.233 e. The first-order valence-corrected chi connectivity index (χ1v) is 8.25. The van der Waals surface area contributed by atoms with Crippen molar-refractivity contribution in [2.45, 2.75) is 56.4 Å². The van der Waals surface area contributed by atoms with E-state index in [4.69, 9.17) is 5.11 Å². The van der Waals surface area contributed by atoms with E-state index in [0.717, 1.165) is 51.5 Å². The summed E-state index contributed by atoms with van der Waals surface area (Å²) in [7, 11) is 0. The van der Waals surface area contributed by atoms with Crippen molar-refractivity contribution in [1.82, 2.24) is 4.90 Å². The van der Waals surface area contributed by atoms with Crippen LogP contribution in [0.5, 0.6) is 0 Å². The van der Waals surface area contributed by atoms with Gasteiger partial charge in [0.15, 0.2) is 0 Å². The normalized spacial score (nSPS) is 23.9. The van der Waals surface area contributed by atoms with Crippen LogP contribution in [0.3, 0.4) is 0 Å². The quantitative estimate of drug-likeness (QED) is 0.904. The van der Waals surface area contributed by atoms with Gasteiger partial charge in [0, 0.05) is 19.2 Å². The van der Waals surface area contributed by atoms with E-state index in [-0.39, 0.29) is 12.0 Å². The van der Waals surface area contributed by atoms with Crippen LogP contribution >= 0.6 is 0 Å². The minimum atomic E-state index is -0.261. The van der Waals surface area contributed by atoms with Crippen LogP contribution in [-0.4, -0.2) is 35.1 Å². The zero-order chi connectivity index (χ0) is 14.7. The summed E-state index contributed by atoms with van der Waals surface area (Å²) in [4.78, 5) is 15.3. The molecular weight excluding hydrogens is 262 g/mol. The van der Waals surface area contributed by atoms with Crippen molar-refractivity contribution in [2.24, 2.45) is 0 Å². The minimum absolute atomic E-state index is 0.225. The first-order valence-electron chi connectivity index (χ1n) is 8.25. The van der Waals surface area contributed by atoms with Gasteiger partial charge in [-0.1, -0.05) is 36.8 Å². The molecular formula is C18H25NO2. The van der Waals surface area contributed by atoms with Crippen LogP contribution < -0.4 is 0 Å². The number of aliphatic hydroxyl groups excluding tert-OH is 1. The Morgan fingerprint density at radius 1 is 1.24 bits per heavy atom. The van der Waals surface area contributed by atoms with E-state index in [1.165, 1.54) is 5.56 Å². The molecule has 1 unspecified atom stereocenters. The molecule has 1 heterocycles. The first kappa shape index (κ1) is 14.6. The third-order valence-electron chi connectivity index (χ3n) is 5.28. The minimum Gasteiger partial charge on any atom is -0.396 e. The Kier molecular flexibility index (Phi) is 4.29. The lowest BCUT2D eigenvalue weighted by Gasteiger charge is -2.44. The maximum atomic E-state index is 13.2. The zero-order valence-electron chi connectivity index (χ0n) is 12.6. The highest BCUT2D eigenvalue weighted by Gasteiger charge is 2.49. The summed E-state index contributed by atoms with van der Waals surface area (Å²) in [5.74, 6) is 0.334. The molecule has 1 saturated heterocycles. The fourth-order valence-corrected chi connectivity index (χ4v) is 3.92.